The third-order valence-electron chi connectivity index (χ3n) is 10.4. The molecule has 2 aromatic heterocycles. The molecule has 0 fully saturated rings. The largest absolute Gasteiger partial charge is 0.456 e. The summed E-state index contributed by atoms with van der Waals surface area (Å²) in [5.74, 6) is 0. The summed E-state index contributed by atoms with van der Waals surface area (Å²) in [6, 6.07) is 62.1. The Morgan fingerprint density at radius 3 is 1.60 bits per heavy atom. The topological polar surface area (TPSA) is 13.1 Å². The molecule has 0 saturated carbocycles. The molecular weight excluding hydrogens is 625 g/mol. The average molecular weight is 653 g/mol. The van der Waals surface area contributed by atoms with Crippen molar-refractivity contribution in [2.75, 3.05) is 0 Å². The van der Waals surface area contributed by atoms with Crippen LogP contribution in [-0.2, 0) is 0 Å². The van der Waals surface area contributed by atoms with Gasteiger partial charge in [-0.3, -0.25) is 0 Å². The second kappa shape index (κ2) is 10.6. The third-order valence-corrected chi connectivity index (χ3v) is 11.6. The van der Waals surface area contributed by atoms with Gasteiger partial charge in [0.2, 0.25) is 0 Å². The highest BCUT2D eigenvalue weighted by atomic mass is 32.1. The summed E-state index contributed by atoms with van der Waals surface area (Å²) in [4.78, 5) is 0. The van der Waals surface area contributed by atoms with Crippen LogP contribution < -0.4 is 0 Å². The van der Waals surface area contributed by atoms with Gasteiger partial charge < -0.3 is 4.42 Å². The van der Waals surface area contributed by atoms with Gasteiger partial charge in [-0.05, 0) is 102 Å². The fourth-order valence-electron chi connectivity index (χ4n) is 8.10. The fraction of sp³-hybridized carbons (Fsp3) is 0. The summed E-state index contributed by atoms with van der Waals surface area (Å²) in [7, 11) is 0. The third kappa shape index (κ3) is 4.13. The average Bonchev–Trinajstić information content (AvgIpc) is 3.72. The maximum absolute atomic E-state index is 6.38. The molecule has 11 aromatic rings. The van der Waals surface area contributed by atoms with Crippen molar-refractivity contribution < 1.29 is 4.42 Å². The van der Waals surface area contributed by atoms with E-state index < -0.39 is 0 Å². The minimum atomic E-state index is 0.923. The van der Waals surface area contributed by atoms with Crippen LogP contribution in [0.5, 0.6) is 0 Å². The molecule has 0 bridgehead atoms. The normalized spacial score (nSPS) is 12.0. The number of fused-ring (bicyclic) bond motifs is 9. The van der Waals surface area contributed by atoms with Crippen molar-refractivity contribution >= 4 is 85.8 Å². The van der Waals surface area contributed by atoms with Crippen molar-refractivity contribution in [3.05, 3.63) is 170 Å². The molecule has 0 saturated heterocycles. The van der Waals surface area contributed by atoms with Gasteiger partial charge in [0.05, 0.1) is 0 Å². The Morgan fingerprint density at radius 2 is 0.860 bits per heavy atom. The molecule has 0 aliphatic carbocycles. The van der Waals surface area contributed by atoms with E-state index in [9.17, 15) is 0 Å². The van der Waals surface area contributed by atoms with Gasteiger partial charge in [-0.15, -0.1) is 11.3 Å². The molecule has 2 heteroatoms. The molecule has 0 radical (unpaired) electrons. The lowest BCUT2D eigenvalue weighted by molar-refractivity contribution is 0.669. The van der Waals surface area contributed by atoms with Gasteiger partial charge in [0.1, 0.15) is 11.2 Å². The highest BCUT2D eigenvalue weighted by Gasteiger charge is 2.17. The molecule has 9 aromatic carbocycles. The van der Waals surface area contributed by atoms with Gasteiger partial charge in [-0.1, -0.05) is 133 Å². The first kappa shape index (κ1) is 27.7. The van der Waals surface area contributed by atoms with Crippen LogP contribution in [-0.4, -0.2) is 0 Å². The first-order valence-electron chi connectivity index (χ1n) is 17.1. The summed E-state index contributed by atoms with van der Waals surface area (Å²) in [6.45, 7) is 0. The molecule has 0 amide bonds. The molecule has 0 aliphatic rings. The Bertz CT molecular complexity index is 3080. The van der Waals surface area contributed by atoms with E-state index >= 15 is 0 Å². The maximum Gasteiger partial charge on any atom is 0.136 e. The second-order valence-electron chi connectivity index (χ2n) is 13.2. The van der Waals surface area contributed by atoms with Crippen molar-refractivity contribution in [3.8, 4) is 33.4 Å². The van der Waals surface area contributed by atoms with E-state index in [-0.39, 0.29) is 0 Å². The first-order valence-corrected chi connectivity index (χ1v) is 17.9. The molecule has 0 spiro atoms. The standard InChI is InChI=1S/C48H28OS/c1-2-10-32-25-34(22-19-29(32)9-1)48-38-14-5-3-12-36(38)47(37-13-4-6-15-39(37)48)31-20-17-30(18-21-31)33-23-24-43-40(26-33)41-27-42-35-11-7-8-16-45(35)50-46(42)28-44(41)49-43/h1-28H. The van der Waals surface area contributed by atoms with E-state index in [0.717, 1.165) is 16.6 Å². The van der Waals surface area contributed by atoms with E-state index in [1.165, 1.54) is 91.3 Å². The molecule has 11 rings (SSSR count). The fourth-order valence-corrected chi connectivity index (χ4v) is 9.22. The summed E-state index contributed by atoms with van der Waals surface area (Å²) in [6.07, 6.45) is 0. The van der Waals surface area contributed by atoms with E-state index in [1.54, 1.807) is 0 Å². The molecule has 0 N–H and O–H groups in total. The Labute approximate surface area is 292 Å². The Hall–Kier alpha value is -6.22. The van der Waals surface area contributed by atoms with Gasteiger partial charge in [0, 0.05) is 30.9 Å². The van der Waals surface area contributed by atoms with Crippen molar-refractivity contribution in [3.63, 3.8) is 0 Å². The first-order chi connectivity index (χ1) is 24.8. The summed E-state index contributed by atoms with van der Waals surface area (Å²) in [5.41, 5.74) is 9.26. The number of thiophene rings is 1. The van der Waals surface area contributed by atoms with Gasteiger partial charge in [0.15, 0.2) is 0 Å². The quantitative estimate of drug-likeness (QED) is 0.173. The molecule has 232 valence electrons. The van der Waals surface area contributed by atoms with Gasteiger partial charge in [-0.2, -0.15) is 0 Å². The highest BCUT2D eigenvalue weighted by Crippen LogP contribution is 2.45. The predicted octanol–water partition coefficient (Wildman–Crippen LogP) is 14.4. The monoisotopic (exact) mass is 652 g/mol. The van der Waals surface area contributed by atoms with Crippen LogP contribution in [0.3, 0.4) is 0 Å². The van der Waals surface area contributed by atoms with E-state index in [1.807, 2.05) is 11.3 Å². The Balaban J connectivity index is 1.06. The zero-order valence-corrected chi connectivity index (χ0v) is 27.8. The van der Waals surface area contributed by atoms with Crippen LogP contribution in [0, 0.1) is 0 Å². The summed E-state index contributed by atoms with van der Waals surface area (Å²) >= 11 is 1.83. The van der Waals surface area contributed by atoms with Crippen molar-refractivity contribution in [2.45, 2.75) is 0 Å². The summed E-state index contributed by atoms with van der Waals surface area (Å²) in [5, 5.41) is 12.5. The van der Waals surface area contributed by atoms with Crippen molar-refractivity contribution in [1.82, 2.24) is 0 Å². The van der Waals surface area contributed by atoms with Crippen LogP contribution in [0.25, 0.3) is 108 Å². The van der Waals surface area contributed by atoms with Gasteiger partial charge in [0.25, 0.3) is 0 Å². The number of furan rings is 1. The van der Waals surface area contributed by atoms with Crippen molar-refractivity contribution in [1.29, 1.82) is 0 Å². The lowest BCUT2D eigenvalue weighted by Crippen LogP contribution is -1.91. The molecule has 0 aliphatic heterocycles. The van der Waals surface area contributed by atoms with Crippen LogP contribution in [0.4, 0.5) is 0 Å². The van der Waals surface area contributed by atoms with E-state index in [2.05, 4.69) is 170 Å². The highest BCUT2D eigenvalue weighted by molar-refractivity contribution is 7.25. The smallest absolute Gasteiger partial charge is 0.136 e. The van der Waals surface area contributed by atoms with E-state index in [0.29, 0.717) is 0 Å². The second-order valence-corrected chi connectivity index (χ2v) is 14.3. The minimum Gasteiger partial charge on any atom is -0.456 e. The zero-order valence-electron chi connectivity index (χ0n) is 27.0. The Morgan fingerprint density at radius 1 is 0.300 bits per heavy atom. The van der Waals surface area contributed by atoms with Crippen molar-refractivity contribution in [2.24, 2.45) is 0 Å². The zero-order chi connectivity index (χ0) is 32.8. The number of hydrogen-bond donors (Lipinski definition) is 0. The molecule has 50 heavy (non-hydrogen) atoms. The SMILES string of the molecule is c1ccc2cc(-c3c4ccccc4c(-c4ccc(-c5ccc6oc7cc8sc9ccccc9c8cc7c6c5)cc4)c4ccccc34)ccc2c1. The van der Waals surface area contributed by atoms with Crippen LogP contribution in [0.2, 0.25) is 0 Å². The lowest BCUT2D eigenvalue weighted by Gasteiger charge is -2.18. The molecular formula is C48H28OS. The predicted molar refractivity (Wildman–Crippen MR) is 215 cm³/mol. The van der Waals surface area contributed by atoms with Crippen LogP contribution in [0.15, 0.2) is 174 Å². The molecule has 1 nitrogen and oxygen atoms in total. The van der Waals surface area contributed by atoms with E-state index in [4.69, 9.17) is 4.42 Å². The van der Waals surface area contributed by atoms with Crippen LogP contribution in [0.1, 0.15) is 0 Å². The minimum absolute atomic E-state index is 0.923. The van der Waals surface area contributed by atoms with Gasteiger partial charge >= 0.3 is 0 Å². The molecule has 0 unspecified atom stereocenters. The van der Waals surface area contributed by atoms with Gasteiger partial charge in [-0.25, -0.2) is 0 Å². The maximum atomic E-state index is 6.38. The molecule has 0 atom stereocenters. The number of benzene rings is 9. The molecule has 2 heterocycles. The van der Waals surface area contributed by atoms with Crippen LogP contribution >= 0.6 is 11.3 Å². The summed E-state index contributed by atoms with van der Waals surface area (Å²) < 4.78 is 8.95. The number of hydrogen-bond acceptors (Lipinski definition) is 2. The number of rotatable bonds is 3. The Kier molecular flexibility index (Phi) is 5.89. The lowest BCUT2D eigenvalue weighted by atomic mass is 9.85.